The molecule has 54 heavy (non-hydrogen) atoms. The number of aliphatic hydroxyl groups excluding tert-OH is 1. The number of cyclic esters (lactones) is 1. The van der Waals surface area contributed by atoms with Gasteiger partial charge < -0.3 is 49.8 Å². The number of carbonyl (C=O) groups is 2. The highest BCUT2D eigenvalue weighted by molar-refractivity contribution is 5.70. The lowest BCUT2D eigenvalue weighted by Gasteiger charge is -2.32. The van der Waals surface area contributed by atoms with E-state index < -0.39 is 47.5 Å². The number of esters is 2. The summed E-state index contributed by atoms with van der Waals surface area (Å²) in [6, 6.07) is 8.09. The first-order valence-corrected chi connectivity index (χ1v) is 19.6. The molecular weight excluding hydrogens is 690 g/mol. The summed E-state index contributed by atoms with van der Waals surface area (Å²) in [5.41, 5.74) is 0.194. The van der Waals surface area contributed by atoms with Gasteiger partial charge in [-0.25, -0.2) is 0 Å². The summed E-state index contributed by atoms with van der Waals surface area (Å²) in [6.45, 7) is 16.9. The minimum atomic E-state index is -1.46. The second kappa shape index (κ2) is 19.7. The average molecular weight is 756 g/mol. The molecule has 4 rings (SSSR count). The van der Waals surface area contributed by atoms with E-state index in [1.807, 2.05) is 13.8 Å². The molecule has 0 radical (unpaired) electrons. The number of benzene rings is 1. The van der Waals surface area contributed by atoms with Crippen molar-refractivity contribution in [2.24, 2.45) is 11.8 Å². The Kier molecular flexibility index (Phi) is 15.9. The highest BCUT2D eigenvalue weighted by Gasteiger charge is 2.54. The molecule has 0 spiro atoms. The minimum absolute atomic E-state index is 0.0329. The van der Waals surface area contributed by atoms with Crippen molar-refractivity contribution in [1.82, 2.24) is 10.6 Å². The van der Waals surface area contributed by atoms with E-state index in [0.29, 0.717) is 12.1 Å². The standard InChI is InChI=1S/C42H65N3O9/c1-9-34(51-8)29(4)38-39(54-38)40(44-26-31-13-15-32(16-14-31)45-23-21-43-22-24-45)42(7,50)19-10-11-27(2)37-28(3)12-17-35(52-30(5)46)41(6,49)20-18-33(47)25-36(48)53-37/h10-17,19,28-29,33-35,37-40,43-44,47,49-50H,9,18,20-26H2,1-8H3/t28-,29+,33+,34-,35-,37?,38+,39-,40?,41+,42?/m0/s1. The predicted octanol–water partition coefficient (Wildman–Crippen LogP) is 3.97. The summed E-state index contributed by atoms with van der Waals surface area (Å²) in [4.78, 5) is 27.2. The van der Waals surface area contributed by atoms with Gasteiger partial charge in [-0.15, -0.1) is 0 Å². The molecule has 0 saturated carbocycles. The summed E-state index contributed by atoms with van der Waals surface area (Å²) >= 11 is 0. The third-order valence-electron chi connectivity index (χ3n) is 11.1. The molecule has 2 fully saturated rings. The quantitative estimate of drug-likeness (QED) is 0.0806. The summed E-state index contributed by atoms with van der Waals surface area (Å²) in [7, 11) is 1.72. The van der Waals surface area contributed by atoms with Gasteiger partial charge in [0.1, 0.15) is 23.9 Å². The largest absolute Gasteiger partial charge is 0.457 e. The van der Waals surface area contributed by atoms with Crippen molar-refractivity contribution in [3.8, 4) is 0 Å². The van der Waals surface area contributed by atoms with Gasteiger partial charge in [-0.2, -0.15) is 0 Å². The number of allylic oxidation sites excluding steroid dienone is 2. The van der Waals surface area contributed by atoms with Crippen LogP contribution in [0.5, 0.6) is 0 Å². The zero-order chi connectivity index (χ0) is 39.6. The fourth-order valence-corrected chi connectivity index (χ4v) is 7.65. The van der Waals surface area contributed by atoms with Crippen LogP contribution < -0.4 is 15.5 Å². The van der Waals surface area contributed by atoms with E-state index in [4.69, 9.17) is 18.9 Å². The Morgan fingerprint density at radius 1 is 1.19 bits per heavy atom. The molecule has 0 aliphatic carbocycles. The fraction of sp³-hybridized carbons (Fsp3) is 0.667. The van der Waals surface area contributed by atoms with Crippen molar-refractivity contribution < 1.29 is 43.9 Å². The number of piperazine rings is 1. The van der Waals surface area contributed by atoms with Crippen molar-refractivity contribution in [3.63, 3.8) is 0 Å². The van der Waals surface area contributed by atoms with Crippen LogP contribution in [0, 0.1) is 11.8 Å². The first-order valence-electron chi connectivity index (χ1n) is 19.6. The number of carbonyl (C=O) groups excluding carboxylic acids is 2. The second-order valence-electron chi connectivity index (χ2n) is 15.8. The third-order valence-corrected chi connectivity index (χ3v) is 11.1. The lowest BCUT2D eigenvalue weighted by Crippen LogP contribution is -2.52. The molecule has 12 heteroatoms. The Morgan fingerprint density at radius 2 is 1.87 bits per heavy atom. The van der Waals surface area contributed by atoms with Crippen LogP contribution in [0.1, 0.15) is 79.7 Å². The van der Waals surface area contributed by atoms with Crippen LogP contribution >= 0.6 is 0 Å². The van der Waals surface area contributed by atoms with Gasteiger partial charge in [-0.3, -0.25) is 9.59 Å². The van der Waals surface area contributed by atoms with Crippen LogP contribution in [0.15, 0.2) is 60.2 Å². The monoisotopic (exact) mass is 755 g/mol. The number of hydrogen-bond acceptors (Lipinski definition) is 12. The van der Waals surface area contributed by atoms with E-state index >= 15 is 0 Å². The van der Waals surface area contributed by atoms with E-state index in [9.17, 15) is 24.9 Å². The number of ether oxygens (including phenoxy) is 4. The summed E-state index contributed by atoms with van der Waals surface area (Å²) in [6.07, 6.45) is 6.48. The molecule has 2 saturated heterocycles. The van der Waals surface area contributed by atoms with Gasteiger partial charge in [-0.05, 0) is 69.4 Å². The van der Waals surface area contributed by atoms with E-state index in [1.165, 1.54) is 12.6 Å². The van der Waals surface area contributed by atoms with Crippen molar-refractivity contribution in [1.29, 1.82) is 0 Å². The summed E-state index contributed by atoms with van der Waals surface area (Å²) < 4.78 is 23.3. The predicted molar refractivity (Wildman–Crippen MR) is 209 cm³/mol. The molecule has 3 aliphatic rings. The number of epoxide rings is 1. The molecule has 3 aliphatic heterocycles. The molecule has 3 unspecified atom stereocenters. The maximum absolute atomic E-state index is 13.0. The smallest absolute Gasteiger partial charge is 0.309 e. The number of aliphatic hydroxyl groups is 3. The molecule has 3 heterocycles. The molecule has 0 bridgehead atoms. The Morgan fingerprint density at radius 3 is 2.50 bits per heavy atom. The Hall–Kier alpha value is -3.10. The number of rotatable bonds is 14. The van der Waals surface area contributed by atoms with Crippen LogP contribution in [0.4, 0.5) is 5.69 Å². The van der Waals surface area contributed by atoms with Gasteiger partial charge in [0.2, 0.25) is 0 Å². The number of anilines is 1. The third kappa shape index (κ3) is 12.2. The molecule has 1 aromatic carbocycles. The number of nitrogens with zero attached hydrogens (tertiary/aromatic N) is 1. The number of hydrogen-bond donors (Lipinski definition) is 5. The van der Waals surface area contributed by atoms with Gasteiger partial charge in [0.15, 0.2) is 0 Å². The van der Waals surface area contributed by atoms with E-state index in [0.717, 1.165) is 38.2 Å². The zero-order valence-electron chi connectivity index (χ0n) is 33.5. The van der Waals surface area contributed by atoms with E-state index in [1.54, 1.807) is 51.3 Å². The first-order chi connectivity index (χ1) is 25.6. The van der Waals surface area contributed by atoms with Crippen molar-refractivity contribution in [2.75, 3.05) is 38.2 Å². The molecule has 5 N–H and O–H groups in total. The maximum Gasteiger partial charge on any atom is 0.309 e. The normalized spacial score (nSPS) is 31.4. The van der Waals surface area contributed by atoms with Crippen LogP contribution in [0.2, 0.25) is 0 Å². The van der Waals surface area contributed by atoms with Gasteiger partial charge in [0.25, 0.3) is 0 Å². The van der Waals surface area contributed by atoms with Gasteiger partial charge >= 0.3 is 11.9 Å². The summed E-state index contributed by atoms with van der Waals surface area (Å²) in [5.74, 6) is -1.36. The number of nitrogens with one attached hydrogen (secondary N) is 2. The average Bonchev–Trinajstić information content (AvgIpc) is 3.92. The van der Waals surface area contributed by atoms with Crippen molar-refractivity contribution in [2.45, 2.75) is 135 Å². The van der Waals surface area contributed by atoms with E-state index in [2.05, 4.69) is 53.6 Å². The topological polar surface area (TPSA) is 162 Å². The van der Waals surface area contributed by atoms with Crippen LogP contribution in [0.25, 0.3) is 0 Å². The lowest BCUT2D eigenvalue weighted by atomic mass is 9.87. The van der Waals surface area contributed by atoms with Crippen molar-refractivity contribution >= 4 is 17.6 Å². The molecule has 0 amide bonds. The molecule has 0 aromatic heterocycles. The first kappa shape index (κ1) is 43.6. The van der Waals surface area contributed by atoms with Crippen molar-refractivity contribution in [3.05, 3.63) is 65.8 Å². The number of methoxy groups -OCH3 is 1. The lowest BCUT2D eigenvalue weighted by molar-refractivity contribution is -0.157. The second-order valence-corrected chi connectivity index (χ2v) is 15.8. The maximum atomic E-state index is 13.0. The minimum Gasteiger partial charge on any atom is -0.457 e. The molecule has 1 aromatic rings. The highest BCUT2D eigenvalue weighted by atomic mass is 16.6. The molecule has 12 nitrogen and oxygen atoms in total. The fourth-order valence-electron chi connectivity index (χ4n) is 7.65. The molecule has 302 valence electrons. The Balaban J connectivity index is 1.55. The summed E-state index contributed by atoms with van der Waals surface area (Å²) in [5, 5.41) is 40.7. The van der Waals surface area contributed by atoms with E-state index in [-0.39, 0.29) is 49.4 Å². The Labute approximate surface area is 322 Å². The van der Waals surface area contributed by atoms with Gasteiger partial charge in [0.05, 0.1) is 36.4 Å². The van der Waals surface area contributed by atoms with Crippen LogP contribution in [-0.2, 0) is 35.1 Å². The van der Waals surface area contributed by atoms with Gasteiger partial charge in [0, 0.05) is 64.3 Å². The van der Waals surface area contributed by atoms with Crippen LogP contribution in [-0.4, -0.2) is 114 Å². The Bertz CT molecular complexity index is 1450. The molecular formula is C42H65N3O9. The van der Waals surface area contributed by atoms with Crippen LogP contribution in [0.3, 0.4) is 0 Å². The molecule has 11 atom stereocenters. The highest BCUT2D eigenvalue weighted by Crippen LogP contribution is 2.39. The SMILES string of the molecule is CC[C@H](OC)[C@@H](C)[C@H]1O[C@@H]1C(NCc1ccc(N2CCNCC2)cc1)C(C)(O)C=CC=C(C)C1OC(=O)C[C@H](O)CC[C@@](C)(O)[C@@H](OC(C)=O)C=C[C@@H]1C. The zero-order valence-corrected chi connectivity index (χ0v) is 33.5. The van der Waals surface area contributed by atoms with Gasteiger partial charge in [-0.1, -0.05) is 57.2 Å².